The molecule has 0 unspecified atom stereocenters. The predicted octanol–water partition coefficient (Wildman–Crippen LogP) is 5.67. The molecule has 2 amide bonds. The number of carbonyl (C=O) groups excluding carboxylic acids is 2. The number of unbranched alkanes of at least 4 members (excludes halogenated alkanes) is 2. The number of alkyl halides is 3. The van der Waals surface area contributed by atoms with E-state index in [-0.39, 0.29) is 28.3 Å². The van der Waals surface area contributed by atoms with Gasteiger partial charge in [-0.1, -0.05) is 31.9 Å². The first kappa shape index (κ1) is 28.5. The molecule has 202 valence electrons. The molecule has 0 saturated carbocycles. The summed E-state index contributed by atoms with van der Waals surface area (Å²) in [6.45, 7) is 1.96. The normalized spacial score (nSPS) is 11.6. The van der Waals surface area contributed by atoms with Gasteiger partial charge in [0.2, 0.25) is 5.91 Å². The van der Waals surface area contributed by atoms with Crippen LogP contribution in [0, 0.1) is 0 Å². The van der Waals surface area contributed by atoms with Crippen molar-refractivity contribution in [2.75, 3.05) is 16.4 Å². The number of halogens is 3. The molecule has 12 heteroatoms. The van der Waals surface area contributed by atoms with Gasteiger partial charge in [-0.25, -0.2) is 13.1 Å². The molecular weight excluding hydrogens is 521 g/mol. The third kappa shape index (κ3) is 7.48. The van der Waals surface area contributed by atoms with E-state index in [9.17, 15) is 31.2 Å². The summed E-state index contributed by atoms with van der Waals surface area (Å²) in [5.74, 6) is -1.29. The zero-order valence-corrected chi connectivity index (χ0v) is 21.2. The van der Waals surface area contributed by atoms with Gasteiger partial charge < -0.3 is 16.4 Å². The van der Waals surface area contributed by atoms with E-state index in [0.717, 1.165) is 25.0 Å². The average molecular weight is 549 g/mol. The predicted molar refractivity (Wildman–Crippen MR) is 139 cm³/mol. The summed E-state index contributed by atoms with van der Waals surface area (Å²) in [7, 11) is -4.24. The van der Waals surface area contributed by atoms with Crippen molar-refractivity contribution in [2.24, 2.45) is 0 Å². The first-order chi connectivity index (χ1) is 17.9. The van der Waals surface area contributed by atoms with Gasteiger partial charge in [-0.15, -0.1) is 0 Å². The number of carbonyl (C=O) groups is 2. The number of para-hydroxylation sites is 1. The molecule has 0 aliphatic heterocycles. The highest BCUT2D eigenvalue weighted by molar-refractivity contribution is 7.90. The molecule has 38 heavy (non-hydrogen) atoms. The van der Waals surface area contributed by atoms with Gasteiger partial charge in [0.25, 0.3) is 15.9 Å². The van der Waals surface area contributed by atoms with Crippen LogP contribution in [0.1, 0.15) is 48.5 Å². The number of amides is 2. The summed E-state index contributed by atoms with van der Waals surface area (Å²) in [5.41, 5.74) is 6.18. The van der Waals surface area contributed by atoms with E-state index >= 15 is 0 Å². The Morgan fingerprint density at radius 1 is 0.921 bits per heavy atom. The van der Waals surface area contributed by atoms with Gasteiger partial charge >= 0.3 is 6.18 Å². The Labute approximate surface area is 218 Å². The molecule has 0 bridgehead atoms. The Kier molecular flexibility index (Phi) is 9.00. The third-order valence-corrected chi connectivity index (χ3v) is 6.92. The first-order valence-corrected chi connectivity index (χ1v) is 13.2. The molecule has 0 atom stereocenters. The molecule has 0 aliphatic carbocycles. The van der Waals surface area contributed by atoms with Gasteiger partial charge in [0.05, 0.1) is 22.6 Å². The summed E-state index contributed by atoms with van der Waals surface area (Å²) in [6, 6.07) is 14.3. The summed E-state index contributed by atoms with van der Waals surface area (Å²) in [6.07, 6.45) is -2.16. The van der Waals surface area contributed by atoms with Crippen molar-refractivity contribution >= 4 is 44.6 Å². The number of nitrogen functional groups attached to an aromatic ring is 1. The standard InChI is InChI=1S/C26H27F3N4O4S/c1-2-3-4-9-24(34)33-38(36,37)23-8-6-5-7-22(23)32-25(35)17-10-15-21(20(30)16-17)31-19-13-11-18(12-14-19)26(27,28)29/h5-8,10-16,31H,2-4,9,30H2,1H3,(H,32,35)(H,33,34). The second-order valence-corrected chi connectivity index (χ2v) is 10.1. The SMILES string of the molecule is CCCCCC(=O)NS(=O)(=O)c1ccccc1NC(=O)c1ccc(Nc2ccc(C(F)(F)F)cc2)c(N)c1. The molecule has 0 fully saturated rings. The van der Waals surface area contributed by atoms with Crippen LogP contribution in [-0.4, -0.2) is 20.2 Å². The Morgan fingerprint density at radius 2 is 1.61 bits per heavy atom. The van der Waals surface area contributed by atoms with E-state index in [1.54, 1.807) is 0 Å². The van der Waals surface area contributed by atoms with E-state index in [2.05, 4.69) is 10.6 Å². The van der Waals surface area contributed by atoms with Gasteiger partial charge in [-0.3, -0.25) is 9.59 Å². The molecular formula is C26H27F3N4O4S. The van der Waals surface area contributed by atoms with Crippen LogP contribution in [0.15, 0.2) is 71.6 Å². The summed E-state index contributed by atoms with van der Waals surface area (Å²) < 4.78 is 65.9. The highest BCUT2D eigenvalue weighted by Crippen LogP contribution is 2.31. The van der Waals surface area contributed by atoms with Crippen LogP contribution in [-0.2, 0) is 21.0 Å². The largest absolute Gasteiger partial charge is 0.416 e. The highest BCUT2D eigenvalue weighted by atomic mass is 32.2. The lowest BCUT2D eigenvalue weighted by atomic mass is 10.1. The van der Waals surface area contributed by atoms with Crippen molar-refractivity contribution in [1.82, 2.24) is 4.72 Å². The minimum absolute atomic E-state index is 0.0307. The molecule has 0 spiro atoms. The zero-order chi connectivity index (χ0) is 27.9. The van der Waals surface area contributed by atoms with Crippen LogP contribution in [0.3, 0.4) is 0 Å². The van der Waals surface area contributed by atoms with Gasteiger partial charge in [0, 0.05) is 17.7 Å². The van der Waals surface area contributed by atoms with E-state index in [0.29, 0.717) is 17.8 Å². The van der Waals surface area contributed by atoms with Crippen LogP contribution in [0.4, 0.5) is 35.9 Å². The molecule has 0 heterocycles. The van der Waals surface area contributed by atoms with Crippen molar-refractivity contribution in [3.05, 3.63) is 77.9 Å². The Balaban J connectivity index is 1.73. The number of benzene rings is 3. The van der Waals surface area contributed by atoms with Crippen molar-refractivity contribution in [1.29, 1.82) is 0 Å². The Bertz CT molecular complexity index is 1410. The fourth-order valence-corrected chi connectivity index (χ4v) is 4.68. The van der Waals surface area contributed by atoms with Gasteiger partial charge in [-0.2, -0.15) is 13.2 Å². The summed E-state index contributed by atoms with van der Waals surface area (Å²) >= 11 is 0. The van der Waals surface area contributed by atoms with Crippen LogP contribution in [0.25, 0.3) is 0 Å². The molecule has 3 rings (SSSR count). The minimum Gasteiger partial charge on any atom is -0.397 e. The lowest BCUT2D eigenvalue weighted by Gasteiger charge is -2.14. The number of nitrogens with one attached hydrogen (secondary N) is 3. The molecule has 8 nitrogen and oxygen atoms in total. The van der Waals surface area contributed by atoms with Crippen LogP contribution >= 0.6 is 0 Å². The average Bonchev–Trinajstić information content (AvgIpc) is 2.85. The van der Waals surface area contributed by atoms with Crippen molar-refractivity contribution in [2.45, 2.75) is 43.7 Å². The Hall–Kier alpha value is -4.06. The van der Waals surface area contributed by atoms with Crippen LogP contribution in [0.2, 0.25) is 0 Å². The Morgan fingerprint density at radius 3 is 2.24 bits per heavy atom. The second-order valence-electron chi connectivity index (χ2n) is 8.44. The minimum atomic E-state index is -4.45. The van der Waals surface area contributed by atoms with Crippen molar-refractivity contribution in [3.8, 4) is 0 Å². The smallest absolute Gasteiger partial charge is 0.397 e. The lowest BCUT2D eigenvalue weighted by Crippen LogP contribution is -2.31. The third-order valence-electron chi connectivity index (χ3n) is 5.49. The maximum Gasteiger partial charge on any atom is 0.416 e. The maximum atomic E-state index is 12.9. The van der Waals surface area contributed by atoms with E-state index in [1.165, 1.54) is 54.6 Å². The molecule has 0 saturated heterocycles. The molecule has 3 aromatic carbocycles. The monoisotopic (exact) mass is 548 g/mol. The number of hydrogen-bond donors (Lipinski definition) is 4. The fraction of sp³-hybridized carbons (Fsp3) is 0.231. The van der Waals surface area contributed by atoms with E-state index in [4.69, 9.17) is 5.73 Å². The van der Waals surface area contributed by atoms with Gasteiger partial charge in [-0.05, 0) is 61.0 Å². The summed E-state index contributed by atoms with van der Waals surface area (Å²) in [5, 5.41) is 5.41. The molecule has 0 radical (unpaired) electrons. The van der Waals surface area contributed by atoms with Crippen molar-refractivity contribution in [3.63, 3.8) is 0 Å². The van der Waals surface area contributed by atoms with Gasteiger partial charge in [0.1, 0.15) is 4.90 Å². The van der Waals surface area contributed by atoms with E-state index in [1.807, 2.05) is 11.6 Å². The first-order valence-electron chi connectivity index (χ1n) is 11.7. The number of anilines is 4. The number of sulfonamides is 1. The topological polar surface area (TPSA) is 130 Å². The molecule has 0 aliphatic rings. The second kappa shape index (κ2) is 12.0. The van der Waals surface area contributed by atoms with Crippen LogP contribution < -0.4 is 21.1 Å². The lowest BCUT2D eigenvalue weighted by molar-refractivity contribution is -0.137. The number of nitrogens with two attached hydrogens (primary N) is 1. The zero-order valence-electron chi connectivity index (χ0n) is 20.4. The fourth-order valence-electron chi connectivity index (χ4n) is 3.51. The van der Waals surface area contributed by atoms with Crippen LogP contribution in [0.5, 0.6) is 0 Å². The molecule has 0 aromatic heterocycles. The van der Waals surface area contributed by atoms with E-state index < -0.39 is 33.6 Å². The van der Waals surface area contributed by atoms with Gasteiger partial charge in [0.15, 0.2) is 0 Å². The highest BCUT2D eigenvalue weighted by Gasteiger charge is 2.30. The maximum absolute atomic E-state index is 12.9. The quantitative estimate of drug-likeness (QED) is 0.191. The number of hydrogen-bond acceptors (Lipinski definition) is 6. The molecule has 5 N–H and O–H groups in total. The van der Waals surface area contributed by atoms with Crippen molar-refractivity contribution < 1.29 is 31.2 Å². The molecule has 3 aromatic rings. The number of rotatable bonds is 10. The summed E-state index contributed by atoms with van der Waals surface area (Å²) in [4.78, 5) is 24.7.